The summed E-state index contributed by atoms with van der Waals surface area (Å²) in [5.74, 6) is -0.300. The highest BCUT2D eigenvalue weighted by Gasteiger charge is 2.44. The molecule has 0 aliphatic carbocycles. The maximum absolute atomic E-state index is 13.1. The zero-order chi connectivity index (χ0) is 19.7. The average molecular weight is 401 g/mol. The molecule has 0 fully saturated rings. The lowest BCUT2D eigenvalue weighted by molar-refractivity contribution is -0.130. The number of nitrogens with zero attached hydrogens (tertiary/aromatic N) is 1. The molecule has 2 aliphatic rings. The SMILES string of the molecule is COCCN1C(=O)C(O)=C(C(=O)c2cccs2)C1c1ccc2c(c1)OCCO2. The Hall–Kier alpha value is -2.84. The first kappa shape index (κ1) is 18.5. The number of hydrogen-bond donors (Lipinski definition) is 1. The Labute approximate surface area is 165 Å². The van der Waals surface area contributed by atoms with Gasteiger partial charge in [0.25, 0.3) is 5.91 Å². The minimum Gasteiger partial charge on any atom is -0.503 e. The Morgan fingerprint density at radius 3 is 2.79 bits per heavy atom. The molecule has 0 bridgehead atoms. The predicted octanol–water partition coefficient (Wildman–Crippen LogP) is 2.74. The highest BCUT2D eigenvalue weighted by molar-refractivity contribution is 7.12. The molecule has 0 spiro atoms. The Bertz CT molecular complexity index is 936. The number of amides is 1. The van der Waals surface area contributed by atoms with Crippen LogP contribution in [0.2, 0.25) is 0 Å². The van der Waals surface area contributed by atoms with Crippen LogP contribution in [-0.2, 0) is 9.53 Å². The largest absolute Gasteiger partial charge is 0.503 e. The molecule has 2 aliphatic heterocycles. The van der Waals surface area contributed by atoms with Crippen LogP contribution in [0.1, 0.15) is 21.3 Å². The first-order valence-electron chi connectivity index (χ1n) is 8.82. The minimum atomic E-state index is -0.729. The highest BCUT2D eigenvalue weighted by Crippen LogP contribution is 2.42. The van der Waals surface area contributed by atoms with Crippen LogP contribution in [0.3, 0.4) is 0 Å². The molecular weight excluding hydrogens is 382 g/mol. The second-order valence-corrected chi connectivity index (χ2v) is 7.31. The molecule has 0 saturated carbocycles. The summed E-state index contributed by atoms with van der Waals surface area (Å²) in [5, 5.41) is 12.3. The van der Waals surface area contributed by atoms with E-state index in [-0.39, 0.29) is 24.5 Å². The maximum Gasteiger partial charge on any atom is 0.290 e. The van der Waals surface area contributed by atoms with Gasteiger partial charge < -0.3 is 24.2 Å². The van der Waals surface area contributed by atoms with Gasteiger partial charge in [-0.3, -0.25) is 9.59 Å². The van der Waals surface area contributed by atoms with E-state index in [9.17, 15) is 14.7 Å². The molecule has 7 nitrogen and oxygen atoms in total. The number of benzene rings is 1. The van der Waals surface area contributed by atoms with Crippen molar-refractivity contribution in [2.75, 3.05) is 33.5 Å². The minimum absolute atomic E-state index is 0.0697. The number of fused-ring (bicyclic) bond motifs is 1. The summed E-state index contributed by atoms with van der Waals surface area (Å²) in [6.45, 7) is 1.41. The van der Waals surface area contributed by atoms with Gasteiger partial charge in [-0.1, -0.05) is 12.1 Å². The summed E-state index contributed by atoms with van der Waals surface area (Å²) in [4.78, 5) is 27.7. The normalized spacial score (nSPS) is 18.7. The number of hydrogen-bond acceptors (Lipinski definition) is 7. The second kappa shape index (κ2) is 7.65. The number of thiophene rings is 1. The summed E-state index contributed by atoms with van der Waals surface area (Å²) in [6, 6.07) is 8.00. The van der Waals surface area contributed by atoms with Crippen molar-refractivity contribution in [1.82, 2.24) is 4.90 Å². The van der Waals surface area contributed by atoms with Crippen molar-refractivity contribution in [3.8, 4) is 11.5 Å². The van der Waals surface area contributed by atoms with Crippen molar-refractivity contribution in [3.63, 3.8) is 0 Å². The van der Waals surface area contributed by atoms with E-state index in [0.717, 1.165) is 0 Å². The van der Waals surface area contributed by atoms with Crippen LogP contribution in [0.5, 0.6) is 11.5 Å². The lowest BCUT2D eigenvalue weighted by Gasteiger charge is -2.27. The van der Waals surface area contributed by atoms with E-state index in [1.165, 1.54) is 23.3 Å². The van der Waals surface area contributed by atoms with Crippen LogP contribution < -0.4 is 9.47 Å². The van der Waals surface area contributed by atoms with Gasteiger partial charge in [-0.2, -0.15) is 0 Å². The number of aliphatic hydroxyl groups excluding tert-OH is 1. The molecule has 4 rings (SSSR count). The van der Waals surface area contributed by atoms with E-state index in [1.807, 2.05) is 0 Å². The van der Waals surface area contributed by atoms with Gasteiger partial charge in [0, 0.05) is 13.7 Å². The molecule has 3 heterocycles. The molecule has 0 saturated heterocycles. The quantitative estimate of drug-likeness (QED) is 0.750. The third-order valence-corrected chi connectivity index (χ3v) is 5.58. The summed E-state index contributed by atoms with van der Waals surface area (Å²) >= 11 is 1.27. The molecule has 1 atom stereocenters. The number of ketones is 1. The van der Waals surface area contributed by atoms with Crippen LogP contribution in [-0.4, -0.2) is 55.2 Å². The molecule has 8 heteroatoms. The third kappa shape index (κ3) is 3.14. The van der Waals surface area contributed by atoms with E-state index in [2.05, 4.69) is 0 Å². The molecule has 28 heavy (non-hydrogen) atoms. The fourth-order valence-electron chi connectivity index (χ4n) is 3.42. The summed E-state index contributed by atoms with van der Waals surface area (Å²) in [7, 11) is 1.53. The summed E-state index contributed by atoms with van der Waals surface area (Å²) in [5.41, 5.74) is 0.734. The van der Waals surface area contributed by atoms with Crippen molar-refractivity contribution in [2.45, 2.75) is 6.04 Å². The lowest BCUT2D eigenvalue weighted by atomic mass is 9.95. The fourth-order valence-corrected chi connectivity index (χ4v) is 4.10. The average Bonchev–Trinajstić information content (AvgIpc) is 3.34. The maximum atomic E-state index is 13.1. The van der Waals surface area contributed by atoms with Crippen molar-refractivity contribution in [1.29, 1.82) is 0 Å². The van der Waals surface area contributed by atoms with Crippen LogP contribution >= 0.6 is 11.3 Å². The summed E-state index contributed by atoms with van der Waals surface area (Å²) in [6.07, 6.45) is 0. The Morgan fingerprint density at radius 1 is 1.29 bits per heavy atom. The predicted molar refractivity (Wildman–Crippen MR) is 102 cm³/mol. The van der Waals surface area contributed by atoms with Crippen molar-refractivity contribution in [3.05, 3.63) is 57.5 Å². The molecule has 146 valence electrons. The van der Waals surface area contributed by atoms with Crippen molar-refractivity contribution in [2.24, 2.45) is 0 Å². The first-order valence-corrected chi connectivity index (χ1v) is 9.70. The van der Waals surface area contributed by atoms with Gasteiger partial charge in [0.05, 0.1) is 23.1 Å². The number of carbonyl (C=O) groups excluding carboxylic acids is 2. The van der Waals surface area contributed by atoms with Gasteiger partial charge in [-0.15, -0.1) is 11.3 Å². The van der Waals surface area contributed by atoms with Gasteiger partial charge in [-0.25, -0.2) is 0 Å². The van der Waals surface area contributed by atoms with Gasteiger partial charge in [0.2, 0.25) is 5.78 Å². The van der Waals surface area contributed by atoms with Gasteiger partial charge in [-0.05, 0) is 29.1 Å². The number of rotatable bonds is 6. The number of carbonyl (C=O) groups is 2. The first-order chi connectivity index (χ1) is 13.6. The zero-order valence-corrected chi connectivity index (χ0v) is 16.0. The van der Waals surface area contributed by atoms with Crippen LogP contribution in [0.4, 0.5) is 0 Å². The molecular formula is C20H19NO6S. The number of methoxy groups -OCH3 is 1. The van der Waals surface area contributed by atoms with E-state index in [1.54, 1.807) is 35.7 Å². The van der Waals surface area contributed by atoms with Crippen LogP contribution in [0, 0.1) is 0 Å². The number of aliphatic hydroxyl groups is 1. The number of ether oxygens (including phenoxy) is 3. The fraction of sp³-hybridized carbons (Fsp3) is 0.300. The molecule has 2 aromatic rings. The Kier molecular flexibility index (Phi) is 5.06. The highest BCUT2D eigenvalue weighted by atomic mass is 32.1. The second-order valence-electron chi connectivity index (χ2n) is 6.37. The third-order valence-electron chi connectivity index (χ3n) is 4.71. The van der Waals surface area contributed by atoms with Crippen LogP contribution in [0.25, 0.3) is 0 Å². The summed E-state index contributed by atoms with van der Waals surface area (Å²) < 4.78 is 16.3. The molecule has 1 N–H and O–H groups in total. The van der Waals surface area contributed by atoms with E-state index >= 15 is 0 Å². The number of Topliss-reactive ketones (excluding diaryl/α,β-unsaturated/α-hetero) is 1. The molecule has 1 aromatic carbocycles. The molecule has 1 unspecified atom stereocenters. The van der Waals surface area contributed by atoms with Gasteiger partial charge in [0.15, 0.2) is 17.3 Å². The van der Waals surface area contributed by atoms with Crippen molar-refractivity contribution < 1.29 is 28.9 Å². The Balaban J connectivity index is 1.78. The van der Waals surface area contributed by atoms with E-state index in [4.69, 9.17) is 14.2 Å². The van der Waals surface area contributed by atoms with Gasteiger partial charge >= 0.3 is 0 Å². The van der Waals surface area contributed by atoms with Gasteiger partial charge in [0.1, 0.15) is 13.2 Å². The monoisotopic (exact) mass is 401 g/mol. The van der Waals surface area contributed by atoms with Crippen LogP contribution in [0.15, 0.2) is 47.0 Å². The molecule has 1 aromatic heterocycles. The van der Waals surface area contributed by atoms with E-state index < -0.39 is 17.7 Å². The van der Waals surface area contributed by atoms with E-state index in [0.29, 0.717) is 35.2 Å². The molecule has 0 radical (unpaired) electrons. The lowest BCUT2D eigenvalue weighted by Crippen LogP contribution is -2.34. The van der Waals surface area contributed by atoms with Crippen molar-refractivity contribution >= 4 is 23.0 Å². The molecule has 1 amide bonds. The zero-order valence-electron chi connectivity index (χ0n) is 15.2. The standard InChI is InChI=1S/C20H19NO6S/c1-25-7-6-21-17(12-4-5-13-14(11-12)27-9-8-26-13)16(19(23)20(21)24)18(22)15-3-2-10-28-15/h2-5,10-11,17,23H,6-9H2,1H3. The topological polar surface area (TPSA) is 85.3 Å². The Morgan fingerprint density at radius 2 is 2.07 bits per heavy atom. The smallest absolute Gasteiger partial charge is 0.290 e.